The van der Waals surface area contributed by atoms with Gasteiger partial charge < -0.3 is 5.11 Å². The molecule has 1 aromatic carbocycles. The number of nitrogens with zero attached hydrogens (tertiary/aromatic N) is 2. The normalized spacial score (nSPS) is 12.1. The van der Waals surface area contributed by atoms with Crippen molar-refractivity contribution in [2.45, 2.75) is 12.5 Å². The molecule has 1 rings (SSSR count). The van der Waals surface area contributed by atoms with Crippen molar-refractivity contribution in [3.63, 3.8) is 0 Å². The van der Waals surface area contributed by atoms with Crippen molar-refractivity contribution < 1.29 is 15.0 Å². The zero-order chi connectivity index (χ0) is 12.1. The lowest BCUT2D eigenvalue weighted by Gasteiger charge is -2.05. The highest BCUT2D eigenvalue weighted by Crippen LogP contribution is 2.13. The quantitative estimate of drug-likeness (QED) is 0.589. The van der Waals surface area contributed by atoms with E-state index in [0.717, 1.165) is 0 Å². The van der Waals surface area contributed by atoms with Crippen LogP contribution in [0.1, 0.15) is 5.56 Å². The highest BCUT2D eigenvalue weighted by Gasteiger charge is 2.19. The summed E-state index contributed by atoms with van der Waals surface area (Å²) >= 11 is 0. The van der Waals surface area contributed by atoms with Crippen LogP contribution in [-0.2, 0) is 6.42 Å². The van der Waals surface area contributed by atoms with Crippen LogP contribution < -0.4 is 0 Å². The van der Waals surface area contributed by atoms with Gasteiger partial charge in [-0.1, -0.05) is 12.1 Å². The molecule has 0 spiro atoms. The summed E-state index contributed by atoms with van der Waals surface area (Å²) in [5, 5.41) is 29.6. The van der Waals surface area contributed by atoms with E-state index in [1.54, 1.807) is 0 Å². The second-order valence-corrected chi connectivity index (χ2v) is 3.25. The Bertz CT molecular complexity index is 389. The van der Waals surface area contributed by atoms with Crippen molar-refractivity contribution in [2.75, 3.05) is 6.61 Å². The molecule has 1 unspecified atom stereocenters. The molecule has 0 amide bonds. The molecule has 0 saturated heterocycles. The molecule has 0 aliphatic heterocycles. The summed E-state index contributed by atoms with van der Waals surface area (Å²) < 4.78 is 0. The van der Waals surface area contributed by atoms with Crippen molar-refractivity contribution in [1.29, 1.82) is 0 Å². The van der Waals surface area contributed by atoms with Crippen LogP contribution in [-0.4, -0.2) is 27.6 Å². The fraction of sp³-hybridized carbons (Fsp3) is 0.333. The van der Waals surface area contributed by atoms with Crippen LogP contribution in [0.15, 0.2) is 24.3 Å². The van der Waals surface area contributed by atoms with Crippen LogP contribution in [0.5, 0.6) is 0 Å². The van der Waals surface area contributed by atoms with Crippen LogP contribution in [0, 0.1) is 20.2 Å². The van der Waals surface area contributed by atoms with E-state index in [1.807, 2.05) is 0 Å². The fourth-order valence-corrected chi connectivity index (χ4v) is 1.23. The van der Waals surface area contributed by atoms with Gasteiger partial charge in [0.1, 0.15) is 6.61 Å². The van der Waals surface area contributed by atoms with E-state index < -0.39 is 22.5 Å². The van der Waals surface area contributed by atoms with Crippen LogP contribution in [0.3, 0.4) is 0 Å². The molecular formula is C9H10N2O5. The van der Waals surface area contributed by atoms with Gasteiger partial charge in [0.05, 0.1) is 4.92 Å². The Labute approximate surface area is 90.6 Å². The van der Waals surface area contributed by atoms with Crippen LogP contribution in [0.25, 0.3) is 0 Å². The Morgan fingerprint density at radius 3 is 2.12 bits per heavy atom. The van der Waals surface area contributed by atoms with Gasteiger partial charge in [-0.2, -0.15) is 0 Å². The van der Waals surface area contributed by atoms with Gasteiger partial charge in [-0.15, -0.1) is 0 Å². The Morgan fingerprint density at radius 1 is 1.19 bits per heavy atom. The van der Waals surface area contributed by atoms with Crippen molar-refractivity contribution >= 4 is 5.69 Å². The lowest BCUT2D eigenvalue weighted by molar-refractivity contribution is -0.525. The molecule has 86 valence electrons. The summed E-state index contributed by atoms with van der Waals surface area (Å²) in [5.74, 6) is 0. The molecule has 0 bridgehead atoms. The molecule has 7 nitrogen and oxygen atoms in total. The van der Waals surface area contributed by atoms with Crippen LogP contribution in [0.4, 0.5) is 5.69 Å². The maximum absolute atomic E-state index is 10.4. The van der Waals surface area contributed by atoms with Gasteiger partial charge in [-0.3, -0.25) is 20.2 Å². The van der Waals surface area contributed by atoms with Crippen molar-refractivity contribution in [3.05, 3.63) is 50.1 Å². The predicted octanol–water partition coefficient (Wildman–Crippen LogP) is 0.775. The molecule has 0 heterocycles. The predicted molar refractivity (Wildman–Crippen MR) is 54.7 cm³/mol. The third-order valence-corrected chi connectivity index (χ3v) is 2.13. The standard InChI is InChI=1S/C9H10N2O5/c12-6-9(11(15)16)5-7-1-3-8(4-2-7)10(13)14/h1-4,9,12H,5-6H2. The molecule has 16 heavy (non-hydrogen) atoms. The van der Waals surface area contributed by atoms with Crippen LogP contribution >= 0.6 is 0 Å². The number of hydrogen-bond acceptors (Lipinski definition) is 5. The van der Waals surface area contributed by atoms with Crippen molar-refractivity contribution in [2.24, 2.45) is 0 Å². The van der Waals surface area contributed by atoms with Gasteiger partial charge in [-0.05, 0) is 5.56 Å². The number of nitro groups is 2. The van der Waals surface area contributed by atoms with Crippen molar-refractivity contribution in [1.82, 2.24) is 0 Å². The second-order valence-electron chi connectivity index (χ2n) is 3.25. The van der Waals surface area contributed by atoms with E-state index in [1.165, 1.54) is 24.3 Å². The Morgan fingerprint density at radius 2 is 1.75 bits per heavy atom. The van der Waals surface area contributed by atoms with E-state index in [2.05, 4.69) is 0 Å². The number of aliphatic hydroxyl groups is 1. The molecule has 1 N–H and O–H groups in total. The maximum Gasteiger partial charge on any atom is 0.269 e. The number of benzene rings is 1. The lowest BCUT2D eigenvalue weighted by atomic mass is 10.1. The number of rotatable bonds is 5. The van der Waals surface area contributed by atoms with E-state index in [0.29, 0.717) is 5.56 Å². The second kappa shape index (κ2) is 5.17. The van der Waals surface area contributed by atoms with Crippen molar-refractivity contribution in [3.8, 4) is 0 Å². The molecule has 0 aliphatic carbocycles. The minimum absolute atomic E-state index is 0.0570. The SMILES string of the molecule is O=[N+]([O-])c1ccc(CC(CO)[N+](=O)[O-])cc1. The summed E-state index contributed by atoms with van der Waals surface area (Å²) in [5.41, 5.74) is 0.520. The molecule has 1 atom stereocenters. The highest BCUT2D eigenvalue weighted by molar-refractivity contribution is 5.33. The van der Waals surface area contributed by atoms with E-state index >= 15 is 0 Å². The summed E-state index contributed by atoms with van der Waals surface area (Å²) in [7, 11) is 0. The largest absolute Gasteiger partial charge is 0.389 e. The summed E-state index contributed by atoms with van der Waals surface area (Å²) in [6.07, 6.45) is 0.0570. The van der Waals surface area contributed by atoms with Gasteiger partial charge in [0.2, 0.25) is 6.04 Å². The third-order valence-electron chi connectivity index (χ3n) is 2.13. The third kappa shape index (κ3) is 2.99. The first-order valence-electron chi connectivity index (χ1n) is 4.52. The average molecular weight is 226 g/mol. The zero-order valence-electron chi connectivity index (χ0n) is 8.28. The van der Waals surface area contributed by atoms with Gasteiger partial charge in [0.25, 0.3) is 5.69 Å². The number of nitro benzene ring substituents is 1. The van der Waals surface area contributed by atoms with E-state index in [4.69, 9.17) is 5.11 Å². The summed E-state index contributed by atoms with van der Waals surface area (Å²) in [6.45, 7) is -0.552. The molecule has 0 aromatic heterocycles. The Balaban J connectivity index is 2.75. The number of non-ortho nitro benzene ring substituents is 1. The molecular weight excluding hydrogens is 216 g/mol. The Kier molecular flexibility index (Phi) is 3.90. The van der Waals surface area contributed by atoms with Gasteiger partial charge in [0.15, 0.2) is 0 Å². The minimum Gasteiger partial charge on any atom is -0.389 e. The fourth-order valence-electron chi connectivity index (χ4n) is 1.23. The van der Waals surface area contributed by atoms with Gasteiger partial charge >= 0.3 is 0 Å². The molecule has 0 radical (unpaired) electrons. The van der Waals surface area contributed by atoms with E-state index in [-0.39, 0.29) is 12.1 Å². The lowest BCUT2D eigenvalue weighted by Crippen LogP contribution is -2.26. The highest BCUT2D eigenvalue weighted by atomic mass is 16.6. The molecule has 0 fully saturated rings. The summed E-state index contributed by atoms with van der Waals surface area (Å²) in [4.78, 5) is 19.7. The number of hydrogen-bond donors (Lipinski definition) is 1. The van der Waals surface area contributed by atoms with Gasteiger partial charge in [0, 0.05) is 23.5 Å². The minimum atomic E-state index is -1.07. The van der Waals surface area contributed by atoms with Crippen LogP contribution in [0.2, 0.25) is 0 Å². The smallest absolute Gasteiger partial charge is 0.269 e. The van der Waals surface area contributed by atoms with Gasteiger partial charge in [-0.25, -0.2) is 0 Å². The zero-order valence-corrected chi connectivity index (χ0v) is 8.28. The molecule has 7 heteroatoms. The monoisotopic (exact) mass is 226 g/mol. The molecule has 0 aliphatic rings. The topological polar surface area (TPSA) is 107 Å². The van der Waals surface area contributed by atoms with E-state index in [9.17, 15) is 20.2 Å². The maximum atomic E-state index is 10.4. The first-order valence-corrected chi connectivity index (χ1v) is 4.52. The molecule has 0 saturated carbocycles. The first kappa shape index (κ1) is 12.1. The average Bonchev–Trinajstić information content (AvgIpc) is 2.26. The Hall–Kier alpha value is -2.02. The first-order chi connectivity index (χ1) is 7.54. The summed E-state index contributed by atoms with van der Waals surface area (Å²) in [6, 6.07) is 4.39. The number of aliphatic hydroxyl groups excluding tert-OH is 1. The molecule has 1 aromatic rings.